The molecule has 0 saturated carbocycles. The zero-order chi connectivity index (χ0) is 16.1. The third-order valence-corrected chi connectivity index (χ3v) is 3.03. The van der Waals surface area contributed by atoms with E-state index in [0.717, 1.165) is 0 Å². The maximum absolute atomic E-state index is 11.9. The number of hydrogen-bond acceptors (Lipinski definition) is 5. The molecule has 0 saturated heterocycles. The number of rotatable bonds is 5. The molecule has 0 amide bonds. The van der Waals surface area contributed by atoms with Crippen LogP contribution in [-0.2, 0) is 11.2 Å². The molecule has 0 radical (unpaired) electrons. The van der Waals surface area contributed by atoms with Gasteiger partial charge in [-0.15, -0.1) is 0 Å². The van der Waals surface area contributed by atoms with E-state index in [1.165, 1.54) is 18.2 Å². The van der Waals surface area contributed by atoms with Crippen molar-refractivity contribution in [2.75, 3.05) is 0 Å². The Morgan fingerprint density at radius 1 is 1.14 bits per heavy atom. The fourth-order valence-electron chi connectivity index (χ4n) is 1.84. The number of hydrogen-bond donors (Lipinski definition) is 3. The molecule has 1 atom stereocenters. The van der Waals surface area contributed by atoms with E-state index >= 15 is 0 Å². The first kappa shape index (κ1) is 15.5. The summed E-state index contributed by atoms with van der Waals surface area (Å²) in [5, 5.41) is 18.6. The molecule has 0 aromatic heterocycles. The number of benzene rings is 2. The predicted molar refractivity (Wildman–Crippen MR) is 78.8 cm³/mol. The molecule has 0 aliphatic heterocycles. The molecule has 22 heavy (non-hydrogen) atoms. The summed E-state index contributed by atoms with van der Waals surface area (Å²) in [5.41, 5.74) is 6.17. The Hall–Kier alpha value is -2.86. The van der Waals surface area contributed by atoms with Gasteiger partial charge < -0.3 is 20.7 Å². The minimum absolute atomic E-state index is 0.0198. The molecule has 2 rings (SSSR count). The van der Waals surface area contributed by atoms with Crippen LogP contribution in [0.15, 0.2) is 48.5 Å². The highest BCUT2D eigenvalue weighted by Crippen LogP contribution is 2.25. The highest BCUT2D eigenvalue weighted by atomic mass is 16.5. The third-order valence-electron chi connectivity index (χ3n) is 3.03. The second-order valence-electron chi connectivity index (χ2n) is 4.69. The van der Waals surface area contributed by atoms with Gasteiger partial charge in [0, 0.05) is 12.5 Å². The lowest BCUT2D eigenvalue weighted by molar-refractivity contribution is -0.138. The minimum atomic E-state index is -1.15. The first-order chi connectivity index (χ1) is 10.5. The Kier molecular flexibility index (Phi) is 4.75. The normalized spacial score (nSPS) is 11.7. The van der Waals surface area contributed by atoms with Gasteiger partial charge in [-0.25, -0.2) is 4.79 Å². The number of aromatic hydroxyl groups is 1. The number of phenols is 1. The molecule has 0 aliphatic carbocycles. The number of carboxylic acids is 1. The number of carboxylic acid groups (broad SMARTS) is 1. The third kappa shape index (κ3) is 3.83. The summed E-state index contributed by atoms with van der Waals surface area (Å²) in [7, 11) is 0. The van der Waals surface area contributed by atoms with Crippen LogP contribution in [0.4, 0.5) is 0 Å². The number of esters is 1. The number of aliphatic carboxylic acids is 1. The van der Waals surface area contributed by atoms with Crippen LogP contribution in [0.2, 0.25) is 0 Å². The molecule has 0 aliphatic rings. The molecule has 6 heteroatoms. The van der Waals surface area contributed by atoms with Crippen LogP contribution < -0.4 is 10.5 Å². The molecule has 2 aromatic rings. The van der Waals surface area contributed by atoms with Crippen molar-refractivity contribution in [1.82, 2.24) is 0 Å². The van der Waals surface area contributed by atoms with Crippen molar-refractivity contribution < 1.29 is 24.5 Å². The Morgan fingerprint density at radius 3 is 2.41 bits per heavy atom. The Balaban J connectivity index is 2.09. The number of carbonyl (C=O) groups excluding carboxylic acids is 1. The van der Waals surface area contributed by atoms with E-state index in [0.29, 0.717) is 11.1 Å². The second kappa shape index (κ2) is 6.73. The van der Waals surface area contributed by atoms with Gasteiger partial charge in [0.2, 0.25) is 0 Å². The van der Waals surface area contributed by atoms with Crippen molar-refractivity contribution >= 4 is 11.9 Å². The molecule has 114 valence electrons. The van der Waals surface area contributed by atoms with E-state index in [-0.39, 0.29) is 17.9 Å². The first-order valence-corrected chi connectivity index (χ1v) is 6.55. The molecule has 1 unspecified atom stereocenters. The maximum Gasteiger partial charge on any atom is 0.343 e. The first-order valence-electron chi connectivity index (χ1n) is 6.55. The molecule has 6 nitrogen and oxygen atoms in total. The number of nitrogens with two attached hydrogens (primary N) is 1. The van der Waals surface area contributed by atoms with Gasteiger partial charge in [-0.1, -0.05) is 24.3 Å². The lowest BCUT2D eigenvalue weighted by atomic mass is 10.1. The SMILES string of the molecule is NC(Cc1ccc(OC(=O)c2ccccc2)cc1O)C(=O)O. The quantitative estimate of drug-likeness (QED) is 0.571. The van der Waals surface area contributed by atoms with Gasteiger partial charge in [0.15, 0.2) is 0 Å². The van der Waals surface area contributed by atoms with Gasteiger partial charge in [-0.2, -0.15) is 0 Å². The summed E-state index contributed by atoms with van der Waals surface area (Å²) in [5.74, 6) is -1.71. The maximum atomic E-state index is 11.9. The van der Waals surface area contributed by atoms with E-state index in [9.17, 15) is 14.7 Å². The summed E-state index contributed by atoms with van der Waals surface area (Å²) >= 11 is 0. The van der Waals surface area contributed by atoms with Crippen LogP contribution in [0.3, 0.4) is 0 Å². The van der Waals surface area contributed by atoms with Crippen molar-refractivity contribution in [3.8, 4) is 11.5 Å². The number of carbonyl (C=O) groups is 2. The monoisotopic (exact) mass is 301 g/mol. The highest BCUT2D eigenvalue weighted by Gasteiger charge is 2.15. The van der Waals surface area contributed by atoms with Crippen molar-refractivity contribution in [3.63, 3.8) is 0 Å². The largest absolute Gasteiger partial charge is 0.508 e. The smallest absolute Gasteiger partial charge is 0.343 e. The zero-order valence-electron chi connectivity index (χ0n) is 11.6. The van der Waals surface area contributed by atoms with Gasteiger partial charge in [-0.3, -0.25) is 4.79 Å². The van der Waals surface area contributed by atoms with Crippen LogP contribution in [0, 0.1) is 0 Å². The lowest BCUT2D eigenvalue weighted by Gasteiger charge is -2.10. The van der Waals surface area contributed by atoms with Crippen LogP contribution in [0.25, 0.3) is 0 Å². The second-order valence-corrected chi connectivity index (χ2v) is 4.69. The average Bonchev–Trinajstić information content (AvgIpc) is 2.50. The van der Waals surface area contributed by atoms with E-state index in [1.54, 1.807) is 30.3 Å². The average molecular weight is 301 g/mol. The minimum Gasteiger partial charge on any atom is -0.508 e. The Labute approximate surface area is 126 Å². The zero-order valence-corrected chi connectivity index (χ0v) is 11.6. The van der Waals surface area contributed by atoms with Crippen molar-refractivity contribution in [3.05, 3.63) is 59.7 Å². The van der Waals surface area contributed by atoms with Gasteiger partial charge in [0.25, 0.3) is 0 Å². The van der Waals surface area contributed by atoms with Crippen LogP contribution in [-0.4, -0.2) is 28.2 Å². The lowest BCUT2D eigenvalue weighted by Crippen LogP contribution is -2.32. The summed E-state index contributed by atoms with van der Waals surface area (Å²) in [6.07, 6.45) is -0.0198. The summed E-state index contributed by atoms with van der Waals surface area (Å²) in [4.78, 5) is 22.6. The van der Waals surface area contributed by atoms with Crippen molar-refractivity contribution in [2.24, 2.45) is 5.73 Å². The van der Waals surface area contributed by atoms with E-state index in [1.807, 2.05) is 0 Å². The summed E-state index contributed by atoms with van der Waals surface area (Å²) in [6.45, 7) is 0. The van der Waals surface area contributed by atoms with E-state index in [2.05, 4.69) is 0 Å². The summed E-state index contributed by atoms with van der Waals surface area (Å²) < 4.78 is 5.14. The van der Waals surface area contributed by atoms with E-state index in [4.69, 9.17) is 15.6 Å². The molecule has 2 aromatic carbocycles. The molecule has 0 spiro atoms. The van der Waals surface area contributed by atoms with Crippen LogP contribution in [0.1, 0.15) is 15.9 Å². The van der Waals surface area contributed by atoms with Crippen LogP contribution >= 0.6 is 0 Å². The standard InChI is InChI=1S/C16H15NO5/c17-13(15(19)20)8-11-6-7-12(9-14(11)18)22-16(21)10-4-2-1-3-5-10/h1-7,9,13,18H,8,17H2,(H,19,20). The van der Waals surface area contributed by atoms with Gasteiger partial charge in [0.05, 0.1) is 5.56 Å². The topological polar surface area (TPSA) is 110 Å². The highest BCUT2D eigenvalue weighted by molar-refractivity contribution is 5.91. The van der Waals surface area contributed by atoms with Gasteiger partial charge in [-0.05, 0) is 23.8 Å². The number of ether oxygens (including phenoxy) is 1. The Bertz CT molecular complexity index is 684. The molecule has 4 N–H and O–H groups in total. The van der Waals surface area contributed by atoms with Gasteiger partial charge in [0.1, 0.15) is 17.5 Å². The number of phenolic OH excluding ortho intramolecular Hbond substituents is 1. The van der Waals surface area contributed by atoms with Crippen molar-refractivity contribution in [1.29, 1.82) is 0 Å². The summed E-state index contributed by atoms with van der Waals surface area (Å²) in [6, 6.07) is 11.5. The predicted octanol–water partition coefficient (Wildman–Crippen LogP) is 1.57. The molecule has 0 bridgehead atoms. The fourth-order valence-corrected chi connectivity index (χ4v) is 1.84. The van der Waals surface area contributed by atoms with Crippen molar-refractivity contribution in [2.45, 2.75) is 12.5 Å². The Morgan fingerprint density at radius 2 is 1.82 bits per heavy atom. The van der Waals surface area contributed by atoms with E-state index < -0.39 is 18.0 Å². The van der Waals surface area contributed by atoms with Gasteiger partial charge >= 0.3 is 11.9 Å². The fraction of sp³-hybridized carbons (Fsp3) is 0.125. The molecule has 0 heterocycles. The molecule has 0 fully saturated rings. The molecular formula is C16H15NO5. The van der Waals surface area contributed by atoms with Crippen LogP contribution in [0.5, 0.6) is 11.5 Å². The molecular weight excluding hydrogens is 286 g/mol.